The third kappa shape index (κ3) is 4.24. The zero-order chi connectivity index (χ0) is 18.8. The Hall–Kier alpha value is -1.82. The molecule has 138 valence electrons. The molecule has 1 heterocycles. The second kappa shape index (κ2) is 7.60. The van der Waals surface area contributed by atoms with Crippen molar-refractivity contribution >= 4 is 13.6 Å². The van der Waals surface area contributed by atoms with Crippen molar-refractivity contribution in [3.05, 3.63) is 33.9 Å². The summed E-state index contributed by atoms with van der Waals surface area (Å²) in [4.78, 5) is 29.9. The van der Waals surface area contributed by atoms with Gasteiger partial charge < -0.3 is 24.4 Å². The number of phenols is 1. The van der Waals surface area contributed by atoms with E-state index in [0.29, 0.717) is 29.7 Å². The molecule has 1 aliphatic rings. The van der Waals surface area contributed by atoms with Crippen LogP contribution in [0, 0.1) is 6.92 Å². The van der Waals surface area contributed by atoms with E-state index < -0.39 is 13.6 Å². The first-order valence-electron chi connectivity index (χ1n) is 8.00. The number of cyclic esters (lactones) is 1. The first-order valence-corrected chi connectivity index (χ1v) is 9.80. The quantitative estimate of drug-likeness (QED) is 0.384. The summed E-state index contributed by atoms with van der Waals surface area (Å²) in [5.74, 6) is -0.210. The first kappa shape index (κ1) is 19.5. The van der Waals surface area contributed by atoms with Crippen LogP contribution in [0.2, 0.25) is 0 Å². The van der Waals surface area contributed by atoms with Crippen molar-refractivity contribution < 1.29 is 33.7 Å². The number of hydrogen-bond donors (Lipinski definition) is 3. The molecule has 0 saturated carbocycles. The number of rotatable bonds is 7. The molecule has 0 saturated heterocycles. The minimum absolute atomic E-state index is 0.114. The third-order valence-corrected chi connectivity index (χ3v) is 5.23. The van der Waals surface area contributed by atoms with Gasteiger partial charge in [-0.3, -0.25) is 4.57 Å². The van der Waals surface area contributed by atoms with Gasteiger partial charge in [-0.25, -0.2) is 4.79 Å². The molecule has 25 heavy (non-hydrogen) atoms. The van der Waals surface area contributed by atoms with Crippen LogP contribution in [-0.2, 0) is 22.3 Å². The van der Waals surface area contributed by atoms with E-state index in [1.807, 2.05) is 13.0 Å². The number of fused-ring (bicyclic) bond motifs is 1. The fourth-order valence-electron chi connectivity index (χ4n) is 2.99. The van der Waals surface area contributed by atoms with Gasteiger partial charge in [0.1, 0.15) is 23.7 Å². The highest BCUT2D eigenvalue weighted by Gasteiger charge is 2.31. The fourth-order valence-corrected chi connectivity index (χ4v) is 3.57. The molecule has 0 radical (unpaired) electrons. The number of methoxy groups -OCH3 is 1. The Labute approximate surface area is 146 Å². The van der Waals surface area contributed by atoms with Crippen LogP contribution in [0.25, 0.3) is 0 Å². The zero-order valence-corrected chi connectivity index (χ0v) is 15.4. The minimum atomic E-state index is -4.06. The SMILES string of the molecule is CCC(=CCc1c(O)c2c(c(C)c1OC)COC2=O)CCP(=O)(O)O. The molecule has 0 aliphatic carbocycles. The van der Waals surface area contributed by atoms with E-state index in [1.165, 1.54) is 7.11 Å². The number of hydrogen-bond acceptors (Lipinski definition) is 5. The Morgan fingerprint density at radius 3 is 2.64 bits per heavy atom. The van der Waals surface area contributed by atoms with Crippen molar-refractivity contribution in [2.24, 2.45) is 0 Å². The van der Waals surface area contributed by atoms with Gasteiger partial charge in [0.25, 0.3) is 0 Å². The Bertz CT molecular complexity index is 761. The molecule has 0 atom stereocenters. The molecule has 3 N–H and O–H groups in total. The van der Waals surface area contributed by atoms with Crippen molar-refractivity contribution in [2.75, 3.05) is 13.3 Å². The summed E-state index contributed by atoms with van der Waals surface area (Å²) in [6.45, 7) is 3.82. The lowest BCUT2D eigenvalue weighted by atomic mass is 9.94. The molecule has 0 bridgehead atoms. The Balaban J connectivity index is 2.37. The zero-order valence-electron chi connectivity index (χ0n) is 14.5. The summed E-state index contributed by atoms with van der Waals surface area (Å²) in [5.41, 5.74) is 2.89. The minimum Gasteiger partial charge on any atom is -0.507 e. The number of aromatic hydroxyl groups is 1. The van der Waals surface area contributed by atoms with E-state index in [9.17, 15) is 14.5 Å². The molecule has 1 aliphatic heterocycles. The van der Waals surface area contributed by atoms with Gasteiger partial charge >= 0.3 is 13.6 Å². The van der Waals surface area contributed by atoms with Gasteiger partial charge in [-0.15, -0.1) is 0 Å². The van der Waals surface area contributed by atoms with Crippen LogP contribution in [0.3, 0.4) is 0 Å². The predicted octanol–water partition coefficient (Wildman–Crippen LogP) is 2.83. The highest BCUT2D eigenvalue weighted by atomic mass is 31.2. The number of phenolic OH excluding ortho intramolecular Hbond substituents is 1. The largest absolute Gasteiger partial charge is 0.507 e. The molecule has 2 rings (SSSR count). The van der Waals surface area contributed by atoms with Crippen molar-refractivity contribution in [3.63, 3.8) is 0 Å². The number of ether oxygens (including phenoxy) is 2. The summed E-state index contributed by atoms with van der Waals surface area (Å²) in [5, 5.41) is 10.5. The summed E-state index contributed by atoms with van der Waals surface area (Å²) in [6.07, 6.45) is 2.80. The monoisotopic (exact) mass is 370 g/mol. The molecule has 0 amide bonds. The van der Waals surface area contributed by atoms with Crippen molar-refractivity contribution in [1.29, 1.82) is 0 Å². The predicted molar refractivity (Wildman–Crippen MR) is 92.1 cm³/mol. The number of benzene rings is 1. The van der Waals surface area contributed by atoms with Crippen LogP contribution in [0.4, 0.5) is 0 Å². The van der Waals surface area contributed by atoms with E-state index in [2.05, 4.69) is 0 Å². The second-order valence-electron chi connectivity index (χ2n) is 5.97. The lowest BCUT2D eigenvalue weighted by molar-refractivity contribution is 0.0533. The van der Waals surface area contributed by atoms with E-state index in [1.54, 1.807) is 6.92 Å². The molecule has 0 aromatic heterocycles. The maximum atomic E-state index is 11.9. The third-order valence-electron chi connectivity index (χ3n) is 4.42. The molecular formula is C17H23O7P. The molecule has 7 nitrogen and oxygen atoms in total. The van der Waals surface area contributed by atoms with Gasteiger partial charge in [0, 0.05) is 11.1 Å². The van der Waals surface area contributed by atoms with Crippen LogP contribution in [0.15, 0.2) is 11.6 Å². The average molecular weight is 370 g/mol. The van der Waals surface area contributed by atoms with E-state index in [-0.39, 0.29) is 30.5 Å². The molecule has 1 aromatic rings. The Morgan fingerprint density at radius 2 is 2.08 bits per heavy atom. The summed E-state index contributed by atoms with van der Waals surface area (Å²) in [6, 6.07) is 0. The van der Waals surface area contributed by atoms with Crippen LogP contribution in [-0.4, -0.2) is 34.1 Å². The Morgan fingerprint density at radius 1 is 1.40 bits per heavy atom. The van der Waals surface area contributed by atoms with Crippen LogP contribution >= 0.6 is 7.60 Å². The normalized spacial score (nSPS) is 14.4. The second-order valence-corrected chi connectivity index (χ2v) is 7.75. The molecule has 0 fully saturated rings. The highest BCUT2D eigenvalue weighted by Crippen LogP contribution is 2.42. The van der Waals surface area contributed by atoms with Gasteiger partial charge in [-0.05, 0) is 31.7 Å². The van der Waals surface area contributed by atoms with E-state index >= 15 is 0 Å². The fraction of sp³-hybridized carbons (Fsp3) is 0.471. The maximum Gasteiger partial charge on any atom is 0.342 e. The molecular weight excluding hydrogens is 347 g/mol. The van der Waals surface area contributed by atoms with Crippen LogP contribution in [0.5, 0.6) is 11.5 Å². The standard InChI is InChI=1S/C17H23O7P/c1-4-11(7-8-25(20,21)22)5-6-12-15(18)14-13(9-24-17(14)19)10(2)16(12)23-3/h5,18H,4,6-9H2,1-3H3,(H2,20,21,22). The molecule has 0 unspecified atom stereocenters. The maximum absolute atomic E-state index is 11.9. The lowest BCUT2D eigenvalue weighted by Crippen LogP contribution is -2.03. The van der Waals surface area contributed by atoms with Gasteiger partial charge in [0.2, 0.25) is 0 Å². The molecule has 0 spiro atoms. The van der Waals surface area contributed by atoms with Gasteiger partial charge in [0.05, 0.1) is 13.3 Å². The Kier molecular flexibility index (Phi) is 5.93. The summed E-state index contributed by atoms with van der Waals surface area (Å²) >= 11 is 0. The van der Waals surface area contributed by atoms with E-state index in [0.717, 1.165) is 11.1 Å². The smallest absolute Gasteiger partial charge is 0.342 e. The van der Waals surface area contributed by atoms with Gasteiger partial charge in [-0.2, -0.15) is 0 Å². The van der Waals surface area contributed by atoms with Crippen molar-refractivity contribution in [2.45, 2.75) is 39.7 Å². The van der Waals surface area contributed by atoms with E-state index in [4.69, 9.17) is 19.3 Å². The van der Waals surface area contributed by atoms with Gasteiger partial charge in [-0.1, -0.05) is 18.6 Å². The van der Waals surface area contributed by atoms with Crippen LogP contribution < -0.4 is 4.74 Å². The number of esters is 1. The van der Waals surface area contributed by atoms with Crippen molar-refractivity contribution in [3.8, 4) is 11.5 Å². The topological polar surface area (TPSA) is 113 Å². The molecule has 1 aromatic carbocycles. The lowest BCUT2D eigenvalue weighted by Gasteiger charge is -2.16. The summed E-state index contributed by atoms with van der Waals surface area (Å²) < 4.78 is 21.5. The molecule has 8 heteroatoms. The number of carbonyl (C=O) groups is 1. The number of allylic oxidation sites excluding steroid dienone is 2. The van der Waals surface area contributed by atoms with Crippen molar-refractivity contribution in [1.82, 2.24) is 0 Å². The number of carbonyl (C=O) groups excluding carboxylic acids is 1. The van der Waals surface area contributed by atoms with Gasteiger partial charge in [0.15, 0.2) is 0 Å². The highest BCUT2D eigenvalue weighted by molar-refractivity contribution is 7.51. The van der Waals surface area contributed by atoms with Crippen LogP contribution in [0.1, 0.15) is 46.8 Å². The first-order chi connectivity index (χ1) is 11.7. The summed E-state index contributed by atoms with van der Waals surface area (Å²) in [7, 11) is -2.56. The average Bonchev–Trinajstić information content (AvgIpc) is 2.93.